The van der Waals surface area contributed by atoms with Gasteiger partial charge in [-0.1, -0.05) is 36.4 Å². The number of aryl methyl sites for hydroxylation is 1. The summed E-state index contributed by atoms with van der Waals surface area (Å²) >= 11 is 0. The van der Waals surface area contributed by atoms with Crippen molar-refractivity contribution in [3.8, 4) is 16.9 Å². The number of rotatable bonds is 7. The van der Waals surface area contributed by atoms with Gasteiger partial charge in [0.2, 0.25) is 0 Å². The molecule has 6 nitrogen and oxygen atoms in total. The molecule has 0 aliphatic heterocycles. The predicted molar refractivity (Wildman–Crippen MR) is 124 cm³/mol. The zero-order valence-electron chi connectivity index (χ0n) is 18.7. The molecule has 0 fully saturated rings. The van der Waals surface area contributed by atoms with E-state index in [0.29, 0.717) is 15.8 Å². The van der Waals surface area contributed by atoms with Gasteiger partial charge in [0.25, 0.3) is 10.0 Å². The zero-order chi connectivity index (χ0) is 26.3. The molecule has 188 valence electrons. The summed E-state index contributed by atoms with van der Waals surface area (Å²) in [6.45, 7) is 0. The molecule has 0 aliphatic rings. The van der Waals surface area contributed by atoms with Crippen molar-refractivity contribution >= 4 is 26.9 Å². The number of carbonyl (C=O) groups is 1. The van der Waals surface area contributed by atoms with E-state index in [1.54, 1.807) is 6.07 Å². The molecular formula is C25H19F4NO5S. The Kier molecular flexibility index (Phi) is 6.52. The Hall–Kier alpha value is -3.86. The third kappa shape index (κ3) is 4.53. The van der Waals surface area contributed by atoms with E-state index in [1.807, 2.05) is 0 Å². The average Bonchev–Trinajstić information content (AvgIpc) is 3.21. The number of nitrogens with zero attached hydrogens (tertiary/aromatic N) is 1. The molecule has 0 radical (unpaired) electrons. The highest BCUT2D eigenvalue weighted by molar-refractivity contribution is 7.90. The van der Waals surface area contributed by atoms with Crippen molar-refractivity contribution in [1.82, 2.24) is 3.97 Å². The van der Waals surface area contributed by atoms with Gasteiger partial charge in [0, 0.05) is 23.6 Å². The monoisotopic (exact) mass is 521 g/mol. The van der Waals surface area contributed by atoms with E-state index in [4.69, 9.17) is 9.84 Å². The number of aliphatic carboxylic acids is 1. The molecule has 1 N–H and O–H groups in total. The number of methoxy groups -OCH3 is 1. The van der Waals surface area contributed by atoms with Crippen molar-refractivity contribution in [2.45, 2.75) is 23.9 Å². The van der Waals surface area contributed by atoms with Crippen molar-refractivity contribution in [2.75, 3.05) is 7.11 Å². The van der Waals surface area contributed by atoms with Gasteiger partial charge in [-0.25, -0.2) is 16.8 Å². The van der Waals surface area contributed by atoms with Gasteiger partial charge in [0.05, 0.1) is 12.6 Å². The van der Waals surface area contributed by atoms with Crippen LogP contribution in [0.1, 0.15) is 17.5 Å². The first kappa shape index (κ1) is 25.2. The van der Waals surface area contributed by atoms with Gasteiger partial charge >= 0.3 is 12.1 Å². The highest BCUT2D eigenvalue weighted by Crippen LogP contribution is 2.43. The summed E-state index contributed by atoms with van der Waals surface area (Å²) in [7, 11) is -3.67. The first-order valence-corrected chi connectivity index (χ1v) is 12.0. The van der Waals surface area contributed by atoms with Crippen LogP contribution < -0.4 is 4.74 Å². The Labute approximate surface area is 203 Å². The van der Waals surface area contributed by atoms with Crippen molar-refractivity contribution in [2.24, 2.45) is 0 Å². The minimum Gasteiger partial charge on any atom is -0.497 e. The highest BCUT2D eigenvalue weighted by Gasteiger charge is 2.43. The molecule has 0 bridgehead atoms. The molecule has 11 heteroatoms. The largest absolute Gasteiger partial charge is 0.497 e. The van der Waals surface area contributed by atoms with Gasteiger partial charge in [-0.2, -0.15) is 13.2 Å². The number of ether oxygens (including phenoxy) is 1. The SMILES string of the molecule is COc1ccc2c(c1)c(CCC(=O)O)cn2S(=O)(=O)c1c(-c2ccccc2)ccc(F)c1C(F)(F)F. The third-order valence-corrected chi connectivity index (χ3v) is 7.42. The van der Waals surface area contributed by atoms with Gasteiger partial charge in [0.1, 0.15) is 22.0 Å². The molecule has 3 aromatic carbocycles. The molecule has 0 unspecified atom stereocenters. The van der Waals surface area contributed by atoms with Crippen LogP contribution in [0.4, 0.5) is 17.6 Å². The van der Waals surface area contributed by atoms with E-state index >= 15 is 0 Å². The fraction of sp³-hybridized carbons (Fsp3) is 0.160. The second-order valence-corrected chi connectivity index (χ2v) is 9.65. The smallest absolute Gasteiger partial charge is 0.420 e. The average molecular weight is 521 g/mol. The van der Waals surface area contributed by atoms with Gasteiger partial charge < -0.3 is 9.84 Å². The first-order valence-electron chi connectivity index (χ1n) is 10.6. The third-order valence-electron chi connectivity index (χ3n) is 5.66. The Morgan fingerprint density at radius 3 is 2.36 bits per heavy atom. The van der Waals surface area contributed by atoms with Gasteiger partial charge in [-0.3, -0.25) is 4.79 Å². The summed E-state index contributed by atoms with van der Waals surface area (Å²) in [5.41, 5.74) is -1.84. The lowest BCUT2D eigenvalue weighted by molar-refractivity contribution is -0.142. The van der Waals surface area contributed by atoms with Crippen LogP contribution in [-0.4, -0.2) is 30.6 Å². The molecule has 0 atom stereocenters. The molecule has 4 aromatic rings. The van der Waals surface area contributed by atoms with Crippen molar-refractivity contribution in [3.63, 3.8) is 0 Å². The molecule has 0 saturated heterocycles. The molecular weight excluding hydrogens is 502 g/mol. The van der Waals surface area contributed by atoms with Crippen LogP contribution in [0.15, 0.2) is 71.8 Å². The minimum atomic E-state index is -5.32. The molecule has 0 aliphatic carbocycles. The Morgan fingerprint density at radius 2 is 1.75 bits per heavy atom. The van der Waals surface area contributed by atoms with E-state index < -0.39 is 38.4 Å². The second-order valence-electron chi connectivity index (χ2n) is 7.89. The number of carboxylic acid groups (broad SMARTS) is 1. The van der Waals surface area contributed by atoms with Crippen LogP contribution in [0.3, 0.4) is 0 Å². The van der Waals surface area contributed by atoms with Crippen LogP contribution in [0.5, 0.6) is 5.75 Å². The maximum Gasteiger partial charge on any atom is 0.420 e. The zero-order valence-corrected chi connectivity index (χ0v) is 19.5. The number of hydrogen-bond acceptors (Lipinski definition) is 4. The normalized spacial score (nSPS) is 12.1. The number of halogens is 4. The Morgan fingerprint density at radius 1 is 1.06 bits per heavy atom. The standard InChI is InChI=1S/C25H19F4NO5S/c1-35-17-8-11-21-19(13-17)16(7-12-22(31)32)14-30(21)36(33,34)24-18(15-5-3-2-4-6-15)9-10-20(26)23(24)25(27,28)29/h2-6,8-11,13-14H,7,12H2,1H3,(H,31,32). The molecule has 0 amide bonds. The maximum absolute atomic E-state index is 14.6. The highest BCUT2D eigenvalue weighted by atomic mass is 32.2. The number of aromatic nitrogens is 1. The van der Waals surface area contributed by atoms with E-state index in [-0.39, 0.29) is 40.4 Å². The molecule has 0 saturated carbocycles. The van der Waals surface area contributed by atoms with Gasteiger partial charge in [0.15, 0.2) is 0 Å². The number of carboxylic acids is 1. The second kappa shape index (κ2) is 9.30. The lowest BCUT2D eigenvalue weighted by Gasteiger charge is -2.19. The van der Waals surface area contributed by atoms with Crippen LogP contribution in [0, 0.1) is 5.82 Å². The van der Waals surface area contributed by atoms with Gasteiger partial charge in [-0.15, -0.1) is 0 Å². The van der Waals surface area contributed by atoms with Crippen molar-refractivity contribution < 1.29 is 40.6 Å². The molecule has 36 heavy (non-hydrogen) atoms. The number of fused-ring (bicyclic) bond motifs is 1. The lowest BCUT2D eigenvalue weighted by Crippen LogP contribution is -2.21. The lowest BCUT2D eigenvalue weighted by atomic mass is 10.0. The molecule has 1 aromatic heterocycles. The Bertz CT molecular complexity index is 1560. The summed E-state index contributed by atoms with van der Waals surface area (Å²) in [4.78, 5) is 9.90. The quantitative estimate of drug-likeness (QED) is 0.314. The van der Waals surface area contributed by atoms with Crippen LogP contribution >= 0.6 is 0 Å². The van der Waals surface area contributed by atoms with E-state index in [1.165, 1.54) is 49.6 Å². The van der Waals surface area contributed by atoms with E-state index in [9.17, 15) is 30.8 Å². The van der Waals surface area contributed by atoms with Crippen LogP contribution in [-0.2, 0) is 27.4 Å². The molecule has 0 spiro atoms. The summed E-state index contributed by atoms with van der Waals surface area (Å²) in [5.74, 6) is -2.54. The van der Waals surface area contributed by atoms with Crippen LogP contribution in [0.25, 0.3) is 22.0 Å². The van der Waals surface area contributed by atoms with Gasteiger partial charge in [-0.05, 0) is 41.8 Å². The van der Waals surface area contributed by atoms with E-state index in [2.05, 4.69) is 0 Å². The number of hydrogen-bond donors (Lipinski definition) is 1. The first-order chi connectivity index (χ1) is 16.9. The van der Waals surface area contributed by atoms with Crippen LogP contribution in [0.2, 0.25) is 0 Å². The summed E-state index contributed by atoms with van der Waals surface area (Å²) in [6, 6.07) is 13.3. The number of benzene rings is 3. The summed E-state index contributed by atoms with van der Waals surface area (Å²) in [6.07, 6.45) is -4.69. The fourth-order valence-electron chi connectivity index (χ4n) is 4.05. The number of alkyl halides is 3. The summed E-state index contributed by atoms with van der Waals surface area (Å²) in [5, 5.41) is 9.38. The Balaban J connectivity index is 2.07. The predicted octanol–water partition coefficient (Wildman–Crippen LogP) is 5.73. The minimum absolute atomic E-state index is 0.00686. The van der Waals surface area contributed by atoms with Crippen molar-refractivity contribution in [3.05, 3.63) is 83.8 Å². The fourth-order valence-corrected chi connectivity index (χ4v) is 5.86. The molecule has 1 heterocycles. The van der Waals surface area contributed by atoms with Crippen molar-refractivity contribution in [1.29, 1.82) is 0 Å². The maximum atomic E-state index is 14.6. The topological polar surface area (TPSA) is 85.6 Å². The van der Waals surface area contributed by atoms with E-state index in [0.717, 1.165) is 12.3 Å². The molecule has 4 rings (SSSR count). The summed E-state index contributed by atoms with van der Waals surface area (Å²) < 4.78 is 90.5.